The summed E-state index contributed by atoms with van der Waals surface area (Å²) in [6, 6.07) is 8.73. The zero-order valence-corrected chi connectivity index (χ0v) is 10.3. The monoisotopic (exact) mass is 232 g/mol. The molecule has 0 unspecified atom stereocenters. The van der Waals surface area contributed by atoms with E-state index < -0.39 is 0 Å². The van der Waals surface area contributed by atoms with Crippen LogP contribution in [0.1, 0.15) is 24.5 Å². The van der Waals surface area contributed by atoms with E-state index in [1.165, 1.54) is 11.1 Å². The van der Waals surface area contributed by atoms with E-state index in [0.717, 1.165) is 25.9 Å². The highest BCUT2D eigenvalue weighted by atomic mass is 16.1. The van der Waals surface area contributed by atoms with E-state index in [1.807, 2.05) is 6.92 Å². The standard InChI is InChI=1S/C14H20N2O/c1-2-15-8-7-14(17)16-13-9-11-5-3-4-6-12(11)10-13/h3-6,13,15H,2,7-10H2,1H3,(H,16,17). The summed E-state index contributed by atoms with van der Waals surface area (Å²) in [4.78, 5) is 11.7. The molecule has 3 nitrogen and oxygen atoms in total. The zero-order chi connectivity index (χ0) is 12.1. The summed E-state index contributed by atoms with van der Waals surface area (Å²) in [5, 5.41) is 6.27. The first-order valence-corrected chi connectivity index (χ1v) is 6.36. The molecule has 1 aliphatic rings. The zero-order valence-electron chi connectivity index (χ0n) is 10.3. The molecule has 0 heterocycles. The molecule has 0 fully saturated rings. The third-order valence-electron chi connectivity index (χ3n) is 3.19. The van der Waals surface area contributed by atoms with Crippen LogP contribution in [-0.4, -0.2) is 25.0 Å². The Labute approximate surface area is 103 Å². The van der Waals surface area contributed by atoms with Gasteiger partial charge in [-0.3, -0.25) is 4.79 Å². The number of amides is 1. The van der Waals surface area contributed by atoms with Gasteiger partial charge >= 0.3 is 0 Å². The van der Waals surface area contributed by atoms with E-state index in [2.05, 4.69) is 34.9 Å². The van der Waals surface area contributed by atoms with Crippen LogP contribution in [0.2, 0.25) is 0 Å². The topological polar surface area (TPSA) is 41.1 Å². The number of benzene rings is 1. The van der Waals surface area contributed by atoms with Crippen molar-refractivity contribution in [3.8, 4) is 0 Å². The van der Waals surface area contributed by atoms with Gasteiger partial charge in [-0.15, -0.1) is 0 Å². The van der Waals surface area contributed by atoms with Crippen LogP contribution in [0.4, 0.5) is 0 Å². The van der Waals surface area contributed by atoms with Crippen LogP contribution in [0.5, 0.6) is 0 Å². The van der Waals surface area contributed by atoms with Crippen molar-refractivity contribution in [2.75, 3.05) is 13.1 Å². The predicted octanol–water partition coefficient (Wildman–Crippen LogP) is 1.27. The largest absolute Gasteiger partial charge is 0.353 e. The molecule has 1 aliphatic carbocycles. The Morgan fingerprint density at radius 1 is 1.29 bits per heavy atom. The SMILES string of the molecule is CCNCCC(=O)NC1Cc2ccccc2C1. The van der Waals surface area contributed by atoms with Gasteiger partial charge in [0.2, 0.25) is 5.91 Å². The predicted molar refractivity (Wildman–Crippen MR) is 68.9 cm³/mol. The first kappa shape index (κ1) is 12.1. The lowest BCUT2D eigenvalue weighted by Gasteiger charge is -2.11. The van der Waals surface area contributed by atoms with Gasteiger partial charge < -0.3 is 10.6 Å². The second kappa shape index (κ2) is 5.82. The van der Waals surface area contributed by atoms with Gasteiger partial charge in [0.05, 0.1) is 0 Å². The van der Waals surface area contributed by atoms with Crippen LogP contribution < -0.4 is 10.6 Å². The van der Waals surface area contributed by atoms with Gasteiger partial charge in [-0.05, 0) is 30.5 Å². The lowest BCUT2D eigenvalue weighted by Crippen LogP contribution is -2.36. The molecule has 0 radical (unpaired) electrons. The molecule has 1 amide bonds. The third kappa shape index (κ3) is 3.30. The van der Waals surface area contributed by atoms with E-state index in [4.69, 9.17) is 0 Å². The molecule has 0 bridgehead atoms. The summed E-state index contributed by atoms with van der Waals surface area (Å²) < 4.78 is 0. The number of carbonyl (C=O) groups excluding carboxylic acids is 1. The fourth-order valence-electron chi connectivity index (χ4n) is 2.34. The lowest BCUT2D eigenvalue weighted by atomic mass is 10.1. The highest BCUT2D eigenvalue weighted by Gasteiger charge is 2.21. The Morgan fingerprint density at radius 3 is 2.53 bits per heavy atom. The van der Waals surface area contributed by atoms with E-state index >= 15 is 0 Å². The van der Waals surface area contributed by atoms with Gasteiger partial charge in [-0.2, -0.15) is 0 Å². The van der Waals surface area contributed by atoms with Gasteiger partial charge in [-0.25, -0.2) is 0 Å². The van der Waals surface area contributed by atoms with Crippen molar-refractivity contribution in [2.45, 2.75) is 32.2 Å². The normalized spacial score (nSPS) is 14.6. The van der Waals surface area contributed by atoms with Gasteiger partial charge in [0.1, 0.15) is 0 Å². The maximum Gasteiger partial charge on any atom is 0.221 e. The maximum absolute atomic E-state index is 11.7. The quantitative estimate of drug-likeness (QED) is 0.751. The minimum Gasteiger partial charge on any atom is -0.353 e. The van der Waals surface area contributed by atoms with Crippen LogP contribution >= 0.6 is 0 Å². The molecule has 0 spiro atoms. The molecular weight excluding hydrogens is 212 g/mol. The van der Waals surface area contributed by atoms with Crippen molar-refractivity contribution < 1.29 is 4.79 Å². The smallest absolute Gasteiger partial charge is 0.221 e. The Kier molecular flexibility index (Phi) is 4.15. The lowest BCUT2D eigenvalue weighted by molar-refractivity contribution is -0.121. The van der Waals surface area contributed by atoms with Crippen LogP contribution in [0.25, 0.3) is 0 Å². The Morgan fingerprint density at radius 2 is 1.94 bits per heavy atom. The number of hydrogen-bond acceptors (Lipinski definition) is 2. The molecule has 2 N–H and O–H groups in total. The average molecular weight is 232 g/mol. The first-order chi connectivity index (χ1) is 8.29. The van der Waals surface area contributed by atoms with Gasteiger partial charge in [0, 0.05) is 19.0 Å². The van der Waals surface area contributed by atoms with Gasteiger partial charge in [-0.1, -0.05) is 31.2 Å². The van der Waals surface area contributed by atoms with Gasteiger partial charge in [0.15, 0.2) is 0 Å². The number of fused-ring (bicyclic) bond motifs is 1. The molecule has 0 saturated heterocycles. The second-order valence-electron chi connectivity index (χ2n) is 4.54. The molecule has 17 heavy (non-hydrogen) atoms. The fraction of sp³-hybridized carbons (Fsp3) is 0.500. The van der Waals surface area contributed by atoms with Crippen molar-refractivity contribution >= 4 is 5.91 Å². The number of nitrogens with one attached hydrogen (secondary N) is 2. The highest BCUT2D eigenvalue weighted by molar-refractivity contribution is 5.76. The Hall–Kier alpha value is -1.35. The van der Waals surface area contributed by atoms with Crippen LogP contribution in [0.3, 0.4) is 0 Å². The van der Waals surface area contributed by atoms with Gasteiger partial charge in [0.25, 0.3) is 0 Å². The Balaban J connectivity index is 1.77. The summed E-state index contributed by atoms with van der Waals surface area (Å²) >= 11 is 0. The number of hydrogen-bond donors (Lipinski definition) is 2. The molecule has 3 heteroatoms. The Bertz CT molecular complexity index is 365. The van der Waals surface area contributed by atoms with Crippen molar-refractivity contribution in [1.82, 2.24) is 10.6 Å². The molecule has 0 aromatic heterocycles. The van der Waals surface area contributed by atoms with E-state index in [1.54, 1.807) is 0 Å². The molecule has 92 valence electrons. The average Bonchev–Trinajstić information content (AvgIpc) is 2.71. The number of carbonyl (C=O) groups is 1. The summed E-state index contributed by atoms with van der Waals surface area (Å²) in [6.07, 6.45) is 2.52. The molecule has 2 rings (SSSR count). The maximum atomic E-state index is 11.7. The first-order valence-electron chi connectivity index (χ1n) is 6.36. The van der Waals surface area contributed by atoms with Crippen LogP contribution in [0, 0.1) is 0 Å². The molecular formula is C14H20N2O. The minimum atomic E-state index is 0.156. The van der Waals surface area contributed by atoms with E-state index in [-0.39, 0.29) is 5.91 Å². The second-order valence-corrected chi connectivity index (χ2v) is 4.54. The van der Waals surface area contributed by atoms with E-state index in [0.29, 0.717) is 12.5 Å². The van der Waals surface area contributed by atoms with Crippen LogP contribution in [0.15, 0.2) is 24.3 Å². The van der Waals surface area contributed by atoms with Crippen molar-refractivity contribution in [1.29, 1.82) is 0 Å². The molecule has 1 aromatic rings. The molecule has 0 atom stereocenters. The molecule has 0 saturated carbocycles. The summed E-state index contributed by atoms with van der Waals surface area (Å²) in [7, 11) is 0. The third-order valence-corrected chi connectivity index (χ3v) is 3.19. The fourth-order valence-corrected chi connectivity index (χ4v) is 2.34. The summed E-state index contributed by atoms with van der Waals surface area (Å²) in [5.41, 5.74) is 2.76. The minimum absolute atomic E-state index is 0.156. The molecule has 0 aliphatic heterocycles. The summed E-state index contributed by atoms with van der Waals surface area (Å²) in [5.74, 6) is 0.156. The molecule has 1 aromatic carbocycles. The van der Waals surface area contributed by atoms with E-state index in [9.17, 15) is 4.79 Å². The van der Waals surface area contributed by atoms with Crippen molar-refractivity contribution in [3.63, 3.8) is 0 Å². The van der Waals surface area contributed by atoms with Crippen LogP contribution in [-0.2, 0) is 17.6 Å². The van der Waals surface area contributed by atoms with Crippen molar-refractivity contribution in [3.05, 3.63) is 35.4 Å². The number of rotatable bonds is 5. The summed E-state index contributed by atoms with van der Waals surface area (Å²) in [6.45, 7) is 3.73. The highest BCUT2D eigenvalue weighted by Crippen LogP contribution is 2.21. The van der Waals surface area contributed by atoms with Crippen molar-refractivity contribution in [2.24, 2.45) is 0 Å².